The van der Waals surface area contributed by atoms with Crippen LogP contribution in [0, 0.1) is 0 Å². The van der Waals surface area contributed by atoms with Gasteiger partial charge in [-0.1, -0.05) is 36.4 Å². The van der Waals surface area contributed by atoms with Gasteiger partial charge in [0.1, 0.15) is 11.5 Å². The molecule has 23 heavy (non-hydrogen) atoms. The third-order valence-corrected chi connectivity index (χ3v) is 3.48. The Morgan fingerprint density at radius 2 is 1.48 bits per heavy atom. The van der Waals surface area contributed by atoms with Crippen molar-refractivity contribution in [1.82, 2.24) is 0 Å². The van der Waals surface area contributed by atoms with Crippen molar-refractivity contribution in [3.8, 4) is 23.0 Å². The summed E-state index contributed by atoms with van der Waals surface area (Å²) in [6.45, 7) is 5.11. The van der Waals surface area contributed by atoms with Crippen molar-refractivity contribution < 1.29 is 14.2 Å². The van der Waals surface area contributed by atoms with Crippen molar-refractivity contribution >= 4 is 10.8 Å². The molecule has 0 aliphatic heterocycles. The molecule has 0 radical (unpaired) electrons. The van der Waals surface area contributed by atoms with Crippen molar-refractivity contribution in [2.75, 3.05) is 13.2 Å². The first-order chi connectivity index (χ1) is 11.3. The lowest BCUT2D eigenvalue weighted by molar-refractivity contribution is 0.319. The van der Waals surface area contributed by atoms with Gasteiger partial charge in [-0.15, -0.1) is 0 Å². The van der Waals surface area contributed by atoms with E-state index in [-0.39, 0.29) is 0 Å². The minimum atomic E-state index is 0.560. The molecule has 0 spiro atoms. The van der Waals surface area contributed by atoms with E-state index in [1.165, 1.54) is 0 Å². The molecule has 0 fully saturated rings. The molecule has 0 aromatic heterocycles. The smallest absolute Gasteiger partial charge is 0.173 e. The van der Waals surface area contributed by atoms with Gasteiger partial charge in [-0.3, -0.25) is 0 Å². The molecule has 0 heterocycles. The first-order valence-electron chi connectivity index (χ1n) is 7.87. The molecule has 0 saturated carbocycles. The molecule has 3 aromatic rings. The molecular weight excluding hydrogens is 288 g/mol. The molecule has 3 rings (SSSR count). The summed E-state index contributed by atoms with van der Waals surface area (Å²) in [5, 5.41) is 2.02. The third kappa shape index (κ3) is 3.24. The average molecular weight is 308 g/mol. The highest BCUT2D eigenvalue weighted by Crippen LogP contribution is 2.42. The number of fused-ring (bicyclic) bond motifs is 1. The molecule has 0 N–H and O–H groups in total. The summed E-state index contributed by atoms with van der Waals surface area (Å²) in [6.07, 6.45) is 0. The van der Waals surface area contributed by atoms with E-state index in [0.29, 0.717) is 19.0 Å². The fourth-order valence-corrected chi connectivity index (χ4v) is 2.55. The van der Waals surface area contributed by atoms with Crippen LogP contribution < -0.4 is 14.2 Å². The Labute approximate surface area is 136 Å². The minimum absolute atomic E-state index is 0.560. The predicted molar refractivity (Wildman–Crippen MR) is 92.8 cm³/mol. The highest BCUT2D eigenvalue weighted by molar-refractivity contribution is 5.96. The number of para-hydroxylation sites is 1. The molecule has 0 unspecified atom stereocenters. The van der Waals surface area contributed by atoms with Crippen LogP contribution in [0.5, 0.6) is 23.0 Å². The summed E-state index contributed by atoms with van der Waals surface area (Å²) in [5.41, 5.74) is 0. The van der Waals surface area contributed by atoms with Gasteiger partial charge < -0.3 is 14.2 Å². The van der Waals surface area contributed by atoms with E-state index in [1.807, 2.05) is 74.5 Å². The molecule has 118 valence electrons. The second-order valence-corrected chi connectivity index (χ2v) is 5.03. The van der Waals surface area contributed by atoms with Gasteiger partial charge in [0, 0.05) is 0 Å². The molecule has 3 heteroatoms. The van der Waals surface area contributed by atoms with Crippen LogP contribution in [0.15, 0.2) is 60.7 Å². The Morgan fingerprint density at radius 1 is 0.696 bits per heavy atom. The molecule has 0 atom stereocenters. The van der Waals surface area contributed by atoms with Gasteiger partial charge in [-0.25, -0.2) is 0 Å². The average Bonchev–Trinajstić information content (AvgIpc) is 2.58. The van der Waals surface area contributed by atoms with E-state index in [2.05, 4.69) is 0 Å². The highest BCUT2D eigenvalue weighted by Gasteiger charge is 2.15. The van der Waals surface area contributed by atoms with E-state index in [9.17, 15) is 0 Å². The maximum Gasteiger partial charge on any atom is 0.173 e. The lowest BCUT2D eigenvalue weighted by Crippen LogP contribution is -1.99. The number of rotatable bonds is 6. The monoisotopic (exact) mass is 308 g/mol. The summed E-state index contributed by atoms with van der Waals surface area (Å²) < 4.78 is 17.7. The van der Waals surface area contributed by atoms with Crippen molar-refractivity contribution in [3.63, 3.8) is 0 Å². The summed E-state index contributed by atoms with van der Waals surface area (Å²) in [4.78, 5) is 0. The van der Waals surface area contributed by atoms with Crippen LogP contribution in [-0.4, -0.2) is 13.2 Å². The Bertz CT molecular complexity index is 781. The van der Waals surface area contributed by atoms with E-state index in [1.54, 1.807) is 0 Å². The summed E-state index contributed by atoms with van der Waals surface area (Å²) in [6, 6.07) is 19.7. The van der Waals surface area contributed by atoms with E-state index in [4.69, 9.17) is 14.2 Å². The van der Waals surface area contributed by atoms with Crippen LogP contribution in [0.1, 0.15) is 13.8 Å². The Balaban J connectivity index is 2.14. The van der Waals surface area contributed by atoms with Gasteiger partial charge in [0.15, 0.2) is 11.5 Å². The number of hydrogen-bond donors (Lipinski definition) is 0. The number of benzene rings is 3. The first kappa shape index (κ1) is 15.2. The lowest BCUT2D eigenvalue weighted by Gasteiger charge is -2.16. The topological polar surface area (TPSA) is 27.7 Å². The van der Waals surface area contributed by atoms with Crippen molar-refractivity contribution in [2.24, 2.45) is 0 Å². The molecule has 3 aromatic carbocycles. The largest absolute Gasteiger partial charge is 0.493 e. The van der Waals surface area contributed by atoms with Crippen LogP contribution in [0.4, 0.5) is 0 Å². The summed E-state index contributed by atoms with van der Waals surface area (Å²) in [5.74, 6) is 3.00. The van der Waals surface area contributed by atoms with Gasteiger partial charge in [-0.2, -0.15) is 0 Å². The van der Waals surface area contributed by atoms with Crippen LogP contribution >= 0.6 is 0 Å². The molecule has 0 bridgehead atoms. The van der Waals surface area contributed by atoms with Crippen molar-refractivity contribution in [1.29, 1.82) is 0 Å². The Kier molecular flexibility index (Phi) is 4.67. The second kappa shape index (κ2) is 7.05. The Morgan fingerprint density at radius 3 is 2.22 bits per heavy atom. The quantitative estimate of drug-likeness (QED) is 0.607. The highest BCUT2D eigenvalue weighted by atomic mass is 16.5. The molecule has 0 saturated heterocycles. The summed E-state index contributed by atoms with van der Waals surface area (Å²) in [7, 11) is 0. The molecule has 0 amide bonds. The van der Waals surface area contributed by atoms with Gasteiger partial charge >= 0.3 is 0 Å². The SMILES string of the molecule is CCOc1cccc2ccc(Oc3ccccc3)c(OCC)c12. The van der Waals surface area contributed by atoms with Gasteiger partial charge in [0.25, 0.3) is 0 Å². The van der Waals surface area contributed by atoms with Crippen molar-refractivity contribution in [2.45, 2.75) is 13.8 Å². The van der Waals surface area contributed by atoms with Gasteiger partial charge in [0.2, 0.25) is 0 Å². The zero-order valence-corrected chi connectivity index (χ0v) is 13.4. The minimum Gasteiger partial charge on any atom is -0.493 e. The van der Waals surface area contributed by atoms with Gasteiger partial charge in [-0.05, 0) is 43.5 Å². The zero-order valence-electron chi connectivity index (χ0n) is 13.4. The van der Waals surface area contributed by atoms with E-state index >= 15 is 0 Å². The van der Waals surface area contributed by atoms with Crippen LogP contribution in [0.2, 0.25) is 0 Å². The lowest BCUT2D eigenvalue weighted by atomic mass is 10.1. The van der Waals surface area contributed by atoms with Crippen LogP contribution in [0.25, 0.3) is 10.8 Å². The zero-order chi connectivity index (χ0) is 16.1. The van der Waals surface area contributed by atoms with Crippen LogP contribution in [0.3, 0.4) is 0 Å². The molecule has 0 aliphatic rings. The normalized spacial score (nSPS) is 10.5. The maximum absolute atomic E-state index is 6.02. The standard InChI is InChI=1S/C20H20O3/c1-3-21-17-12-8-9-15-13-14-18(20(19(15)17)22-4-2)23-16-10-6-5-7-11-16/h5-14H,3-4H2,1-2H3. The van der Waals surface area contributed by atoms with E-state index < -0.39 is 0 Å². The Hall–Kier alpha value is -2.68. The first-order valence-corrected chi connectivity index (χ1v) is 7.87. The fourth-order valence-electron chi connectivity index (χ4n) is 2.55. The molecule has 3 nitrogen and oxygen atoms in total. The number of ether oxygens (including phenoxy) is 3. The molecular formula is C20H20O3. The third-order valence-electron chi connectivity index (χ3n) is 3.48. The van der Waals surface area contributed by atoms with Gasteiger partial charge in [0.05, 0.1) is 18.6 Å². The fraction of sp³-hybridized carbons (Fsp3) is 0.200. The van der Waals surface area contributed by atoms with Crippen molar-refractivity contribution in [3.05, 3.63) is 60.7 Å². The molecule has 0 aliphatic carbocycles. The summed E-state index contributed by atoms with van der Waals surface area (Å²) >= 11 is 0. The predicted octanol–water partition coefficient (Wildman–Crippen LogP) is 5.43. The number of hydrogen-bond acceptors (Lipinski definition) is 3. The van der Waals surface area contributed by atoms with E-state index in [0.717, 1.165) is 28.0 Å². The van der Waals surface area contributed by atoms with Crippen LogP contribution in [-0.2, 0) is 0 Å². The maximum atomic E-state index is 6.02. The second-order valence-electron chi connectivity index (χ2n) is 5.03.